The maximum atomic E-state index is 10.7. The number of hydrogen-bond acceptors (Lipinski definition) is 2. The van der Waals surface area contributed by atoms with Crippen molar-refractivity contribution in [3.63, 3.8) is 0 Å². The van der Waals surface area contributed by atoms with Gasteiger partial charge in [-0.05, 0) is 48.9 Å². The van der Waals surface area contributed by atoms with Crippen LogP contribution in [0.4, 0.5) is 0 Å². The summed E-state index contributed by atoms with van der Waals surface area (Å²) in [6, 6.07) is 6.79. The van der Waals surface area contributed by atoms with Crippen molar-refractivity contribution in [1.29, 1.82) is 0 Å². The zero-order valence-electron chi connectivity index (χ0n) is 11.9. The fourth-order valence-electron chi connectivity index (χ4n) is 2.99. The van der Waals surface area contributed by atoms with Crippen LogP contribution in [0.15, 0.2) is 18.2 Å². The second-order valence-corrected chi connectivity index (χ2v) is 5.86. The molecular formula is C16H23NO2. The standard InChI is InChI=1S/C16H23NO2/c1-12(8-16(18)19)10-17(2)11-13-6-7-14-4-3-5-15(14)9-13/h6-7,9,12H,3-5,8,10-11H2,1-2H3,(H,18,19). The lowest BCUT2D eigenvalue weighted by Crippen LogP contribution is -2.25. The van der Waals surface area contributed by atoms with E-state index in [2.05, 4.69) is 30.1 Å². The number of carbonyl (C=O) groups is 1. The van der Waals surface area contributed by atoms with Crippen molar-refractivity contribution in [2.75, 3.05) is 13.6 Å². The molecule has 1 unspecified atom stereocenters. The summed E-state index contributed by atoms with van der Waals surface area (Å²) in [5.74, 6) is -0.518. The second kappa shape index (κ2) is 6.20. The normalized spacial score (nSPS) is 15.5. The Kier molecular flexibility index (Phi) is 4.59. The number of carboxylic acids is 1. The predicted molar refractivity (Wildman–Crippen MR) is 76.2 cm³/mol. The first-order valence-electron chi connectivity index (χ1n) is 7.05. The van der Waals surface area contributed by atoms with Crippen LogP contribution in [0.3, 0.4) is 0 Å². The molecular weight excluding hydrogens is 238 g/mol. The lowest BCUT2D eigenvalue weighted by atomic mass is 10.0. The van der Waals surface area contributed by atoms with Crippen LogP contribution in [0.5, 0.6) is 0 Å². The van der Waals surface area contributed by atoms with Crippen molar-refractivity contribution in [2.45, 2.75) is 39.2 Å². The molecule has 0 aliphatic heterocycles. The zero-order valence-corrected chi connectivity index (χ0v) is 11.9. The molecule has 0 heterocycles. The van der Waals surface area contributed by atoms with Gasteiger partial charge in [-0.3, -0.25) is 4.79 Å². The minimum atomic E-state index is -0.710. The molecule has 0 spiro atoms. The van der Waals surface area contributed by atoms with Crippen LogP contribution in [0.25, 0.3) is 0 Å². The Hall–Kier alpha value is -1.35. The minimum Gasteiger partial charge on any atom is -0.481 e. The molecule has 0 bridgehead atoms. The highest BCUT2D eigenvalue weighted by Gasteiger charge is 2.13. The molecule has 0 amide bonds. The van der Waals surface area contributed by atoms with Gasteiger partial charge in [0.05, 0.1) is 0 Å². The largest absolute Gasteiger partial charge is 0.481 e. The molecule has 3 heteroatoms. The van der Waals surface area contributed by atoms with E-state index in [1.165, 1.54) is 36.0 Å². The van der Waals surface area contributed by atoms with Gasteiger partial charge in [0.25, 0.3) is 0 Å². The van der Waals surface area contributed by atoms with Crippen LogP contribution in [-0.2, 0) is 24.2 Å². The number of nitrogens with zero attached hydrogens (tertiary/aromatic N) is 1. The van der Waals surface area contributed by atoms with Crippen LogP contribution in [0.1, 0.15) is 36.5 Å². The smallest absolute Gasteiger partial charge is 0.303 e. The van der Waals surface area contributed by atoms with Crippen molar-refractivity contribution < 1.29 is 9.90 Å². The molecule has 19 heavy (non-hydrogen) atoms. The van der Waals surface area contributed by atoms with Gasteiger partial charge in [-0.15, -0.1) is 0 Å². The number of rotatable bonds is 6. The fourth-order valence-corrected chi connectivity index (χ4v) is 2.99. The summed E-state index contributed by atoms with van der Waals surface area (Å²) >= 11 is 0. The van der Waals surface area contributed by atoms with Crippen LogP contribution in [-0.4, -0.2) is 29.6 Å². The van der Waals surface area contributed by atoms with Gasteiger partial charge in [0.15, 0.2) is 0 Å². The van der Waals surface area contributed by atoms with Gasteiger partial charge in [-0.2, -0.15) is 0 Å². The van der Waals surface area contributed by atoms with Gasteiger partial charge in [0, 0.05) is 19.5 Å². The quantitative estimate of drug-likeness (QED) is 0.856. The first-order chi connectivity index (χ1) is 9.04. The summed E-state index contributed by atoms with van der Waals surface area (Å²) in [6.07, 6.45) is 3.96. The van der Waals surface area contributed by atoms with Gasteiger partial charge in [0.1, 0.15) is 0 Å². The third kappa shape index (κ3) is 4.06. The van der Waals surface area contributed by atoms with Crippen molar-refractivity contribution in [3.05, 3.63) is 34.9 Å². The SMILES string of the molecule is CC(CC(=O)O)CN(C)Cc1ccc2c(c1)CCC2. The van der Waals surface area contributed by atoms with Gasteiger partial charge in [0.2, 0.25) is 0 Å². The van der Waals surface area contributed by atoms with Gasteiger partial charge in [-0.1, -0.05) is 25.1 Å². The molecule has 1 N–H and O–H groups in total. The van der Waals surface area contributed by atoms with Crippen molar-refractivity contribution in [3.8, 4) is 0 Å². The number of aryl methyl sites for hydroxylation is 2. The average molecular weight is 261 g/mol. The van der Waals surface area contributed by atoms with E-state index >= 15 is 0 Å². The Labute approximate surface area is 115 Å². The molecule has 104 valence electrons. The van der Waals surface area contributed by atoms with Crippen molar-refractivity contribution >= 4 is 5.97 Å². The highest BCUT2D eigenvalue weighted by molar-refractivity contribution is 5.66. The average Bonchev–Trinajstić information content (AvgIpc) is 2.74. The summed E-state index contributed by atoms with van der Waals surface area (Å²) in [5, 5.41) is 8.77. The molecule has 3 nitrogen and oxygen atoms in total. The monoisotopic (exact) mass is 261 g/mol. The zero-order chi connectivity index (χ0) is 13.8. The molecule has 1 atom stereocenters. The molecule has 0 aromatic heterocycles. The van der Waals surface area contributed by atoms with E-state index in [9.17, 15) is 4.79 Å². The molecule has 0 saturated carbocycles. The Bertz CT molecular complexity index is 456. The Morgan fingerprint density at radius 2 is 2.11 bits per heavy atom. The van der Waals surface area contributed by atoms with Crippen LogP contribution in [0, 0.1) is 5.92 Å². The van der Waals surface area contributed by atoms with Gasteiger partial charge in [-0.25, -0.2) is 0 Å². The number of aliphatic carboxylic acids is 1. The van der Waals surface area contributed by atoms with E-state index in [0.29, 0.717) is 0 Å². The summed E-state index contributed by atoms with van der Waals surface area (Å²) in [4.78, 5) is 12.9. The van der Waals surface area contributed by atoms with Gasteiger partial charge < -0.3 is 10.0 Å². The molecule has 0 radical (unpaired) electrons. The second-order valence-electron chi connectivity index (χ2n) is 5.86. The molecule has 0 saturated heterocycles. The topological polar surface area (TPSA) is 40.5 Å². The number of fused-ring (bicyclic) bond motifs is 1. The van der Waals surface area contributed by atoms with E-state index in [-0.39, 0.29) is 12.3 Å². The molecule has 1 aliphatic carbocycles. The number of hydrogen-bond donors (Lipinski definition) is 1. The van der Waals surface area contributed by atoms with Crippen molar-refractivity contribution in [1.82, 2.24) is 4.90 Å². The predicted octanol–water partition coefficient (Wildman–Crippen LogP) is 2.72. The molecule has 1 aliphatic rings. The first-order valence-corrected chi connectivity index (χ1v) is 7.05. The van der Waals surface area contributed by atoms with E-state index in [0.717, 1.165) is 13.1 Å². The Balaban J connectivity index is 1.88. The Morgan fingerprint density at radius 3 is 2.84 bits per heavy atom. The summed E-state index contributed by atoms with van der Waals surface area (Å²) in [5.41, 5.74) is 4.35. The van der Waals surface area contributed by atoms with Crippen LogP contribution < -0.4 is 0 Å². The third-order valence-corrected chi connectivity index (χ3v) is 3.76. The van der Waals surface area contributed by atoms with E-state index < -0.39 is 5.97 Å². The maximum Gasteiger partial charge on any atom is 0.303 e. The Morgan fingerprint density at radius 1 is 1.37 bits per heavy atom. The number of carboxylic acid groups (broad SMARTS) is 1. The van der Waals surface area contributed by atoms with Crippen LogP contribution >= 0.6 is 0 Å². The molecule has 1 aromatic rings. The molecule has 2 rings (SSSR count). The van der Waals surface area contributed by atoms with E-state index in [1.54, 1.807) is 0 Å². The minimum absolute atomic E-state index is 0.192. The molecule has 1 aromatic carbocycles. The molecule has 0 fully saturated rings. The lowest BCUT2D eigenvalue weighted by Gasteiger charge is -2.20. The maximum absolute atomic E-state index is 10.7. The van der Waals surface area contributed by atoms with Crippen molar-refractivity contribution in [2.24, 2.45) is 5.92 Å². The van der Waals surface area contributed by atoms with E-state index in [1.807, 2.05) is 6.92 Å². The highest BCUT2D eigenvalue weighted by atomic mass is 16.4. The summed E-state index contributed by atoms with van der Waals surface area (Å²) in [6.45, 7) is 3.72. The highest BCUT2D eigenvalue weighted by Crippen LogP contribution is 2.23. The number of benzene rings is 1. The third-order valence-electron chi connectivity index (χ3n) is 3.76. The summed E-state index contributed by atoms with van der Waals surface area (Å²) in [7, 11) is 2.06. The van der Waals surface area contributed by atoms with Gasteiger partial charge >= 0.3 is 5.97 Å². The lowest BCUT2D eigenvalue weighted by molar-refractivity contribution is -0.138. The van der Waals surface area contributed by atoms with Crippen LogP contribution in [0.2, 0.25) is 0 Å². The summed E-state index contributed by atoms with van der Waals surface area (Å²) < 4.78 is 0. The van der Waals surface area contributed by atoms with E-state index in [4.69, 9.17) is 5.11 Å². The fraction of sp³-hybridized carbons (Fsp3) is 0.562. The first kappa shape index (κ1) is 14.1.